The van der Waals surface area contributed by atoms with Crippen molar-refractivity contribution in [2.45, 2.75) is 45.4 Å². The molecule has 0 aliphatic carbocycles. The number of fused-ring (bicyclic) bond motifs is 1. The summed E-state index contributed by atoms with van der Waals surface area (Å²) >= 11 is 0. The normalized spacial score (nSPS) is 19.8. The highest BCUT2D eigenvalue weighted by Gasteiger charge is 2.33. The van der Waals surface area contributed by atoms with Gasteiger partial charge < -0.3 is 19.7 Å². The third-order valence-electron chi connectivity index (χ3n) is 5.84. The monoisotopic (exact) mass is 430 g/mol. The Kier molecular flexibility index (Phi) is 5.49. The molecule has 1 fully saturated rings. The number of ether oxygens (including phenoxy) is 1. The summed E-state index contributed by atoms with van der Waals surface area (Å²) in [4.78, 5) is 21.5. The zero-order valence-corrected chi connectivity index (χ0v) is 17.5. The van der Waals surface area contributed by atoms with Crippen molar-refractivity contribution >= 4 is 16.7 Å². The topological polar surface area (TPSA) is 89.3 Å². The molecule has 31 heavy (non-hydrogen) atoms. The van der Waals surface area contributed by atoms with E-state index in [1.54, 1.807) is 30.7 Å². The second-order valence-electron chi connectivity index (χ2n) is 8.11. The van der Waals surface area contributed by atoms with Gasteiger partial charge >= 0.3 is 0 Å². The maximum absolute atomic E-state index is 13.3. The quantitative estimate of drug-likeness (QED) is 0.602. The average molecular weight is 430 g/mol. The van der Waals surface area contributed by atoms with Crippen molar-refractivity contribution in [1.29, 1.82) is 0 Å². The Morgan fingerprint density at radius 2 is 2.00 bits per heavy atom. The zero-order valence-electron chi connectivity index (χ0n) is 17.5. The summed E-state index contributed by atoms with van der Waals surface area (Å²) in [6, 6.07) is 5.84. The second-order valence-corrected chi connectivity index (χ2v) is 8.11. The zero-order chi connectivity index (χ0) is 22.3. The Bertz CT molecular complexity index is 1190. The van der Waals surface area contributed by atoms with Crippen LogP contribution in [0.2, 0.25) is 0 Å². The largest absolute Gasteiger partial charge is 0.379 e. The number of rotatable bonds is 5. The van der Waals surface area contributed by atoms with Crippen molar-refractivity contribution < 1.29 is 18.6 Å². The van der Waals surface area contributed by atoms with E-state index in [0.717, 1.165) is 0 Å². The van der Waals surface area contributed by atoms with Crippen molar-refractivity contribution in [3.05, 3.63) is 63.3 Å². The summed E-state index contributed by atoms with van der Waals surface area (Å²) in [5.74, 6) is 0.723. The fraction of sp³-hybridized carbons (Fsp3) is 0.409. The van der Waals surface area contributed by atoms with E-state index in [0.29, 0.717) is 53.3 Å². The summed E-state index contributed by atoms with van der Waals surface area (Å²) in [6.45, 7) is 6.15. The van der Waals surface area contributed by atoms with Crippen LogP contribution < -0.4 is 10.9 Å². The maximum Gasteiger partial charge on any atom is 0.264 e. The second kappa shape index (κ2) is 7.97. The van der Waals surface area contributed by atoms with Crippen LogP contribution >= 0.6 is 0 Å². The van der Waals surface area contributed by atoms with Crippen LogP contribution in [0.15, 0.2) is 35.3 Å². The molecule has 2 aromatic heterocycles. The third-order valence-corrected chi connectivity index (χ3v) is 5.84. The molecule has 0 radical (unpaired) electrons. The molecule has 3 aromatic rings. The summed E-state index contributed by atoms with van der Waals surface area (Å²) < 4.78 is 33.6. The van der Waals surface area contributed by atoms with Gasteiger partial charge in [-0.15, -0.1) is 0 Å². The van der Waals surface area contributed by atoms with Crippen molar-refractivity contribution in [1.82, 2.24) is 14.5 Å². The number of benzene rings is 1. The van der Waals surface area contributed by atoms with Crippen molar-refractivity contribution in [3.63, 3.8) is 0 Å². The van der Waals surface area contributed by atoms with Crippen LogP contribution in [0.1, 0.15) is 48.5 Å². The molecule has 9 heteroatoms. The molecule has 3 heterocycles. The minimum absolute atomic E-state index is 0.134. The predicted molar refractivity (Wildman–Crippen MR) is 112 cm³/mol. The molecule has 0 saturated carbocycles. The molecule has 0 amide bonds. The maximum atomic E-state index is 13.3. The number of aryl methyl sites for hydroxylation is 1. The van der Waals surface area contributed by atoms with Gasteiger partial charge in [0.2, 0.25) is 0 Å². The van der Waals surface area contributed by atoms with Crippen LogP contribution in [0.3, 0.4) is 0 Å². The summed E-state index contributed by atoms with van der Waals surface area (Å²) in [5, 5.41) is 14.2. The van der Waals surface area contributed by atoms with E-state index in [1.165, 1.54) is 18.2 Å². The van der Waals surface area contributed by atoms with Crippen LogP contribution in [0, 0.1) is 13.8 Å². The lowest BCUT2D eigenvalue weighted by molar-refractivity contribution is 0.149. The fourth-order valence-corrected chi connectivity index (χ4v) is 4.01. The first kappa shape index (κ1) is 21.3. The Morgan fingerprint density at radius 3 is 2.68 bits per heavy atom. The number of hydrogen-bond acceptors (Lipinski definition) is 6. The number of alkyl halides is 2. The molecule has 7 nitrogen and oxygen atoms in total. The van der Waals surface area contributed by atoms with E-state index in [1.807, 2.05) is 6.92 Å². The number of halogens is 2. The van der Waals surface area contributed by atoms with Gasteiger partial charge in [0, 0.05) is 30.0 Å². The standard InChI is InChI=1S/C22H24F2N4O3/c1-12-14(19(23)24)5-4-6-15(12)21(30)27-20-16-10-28(22(3)7-8-31-11-22)18(29)9-17(16)25-13(2)26-20/h4-6,9-10,19,21,30H,7-8,11H2,1-3H3,(H,25,26,27). The van der Waals surface area contributed by atoms with Crippen molar-refractivity contribution in [3.8, 4) is 0 Å². The molecule has 0 bridgehead atoms. The summed E-state index contributed by atoms with van der Waals surface area (Å²) in [7, 11) is 0. The molecular weight excluding hydrogens is 406 g/mol. The van der Waals surface area contributed by atoms with E-state index >= 15 is 0 Å². The Labute approximate surface area is 177 Å². The minimum Gasteiger partial charge on any atom is -0.379 e. The highest BCUT2D eigenvalue weighted by Crippen LogP contribution is 2.31. The first-order chi connectivity index (χ1) is 14.7. The summed E-state index contributed by atoms with van der Waals surface area (Å²) in [6.07, 6.45) is -1.56. The molecule has 2 N–H and O–H groups in total. The molecular formula is C22H24F2N4O3. The molecule has 2 atom stereocenters. The minimum atomic E-state index is -2.64. The lowest BCUT2D eigenvalue weighted by Gasteiger charge is -2.26. The number of hydrogen-bond donors (Lipinski definition) is 2. The van der Waals surface area contributed by atoms with E-state index < -0.39 is 18.2 Å². The lowest BCUT2D eigenvalue weighted by atomic mass is 10.0. The van der Waals surface area contributed by atoms with Crippen LogP contribution in [-0.2, 0) is 10.3 Å². The Balaban J connectivity index is 1.79. The van der Waals surface area contributed by atoms with Crippen molar-refractivity contribution in [2.75, 3.05) is 18.5 Å². The van der Waals surface area contributed by atoms with Crippen molar-refractivity contribution in [2.24, 2.45) is 0 Å². The van der Waals surface area contributed by atoms with E-state index in [4.69, 9.17) is 4.74 Å². The molecule has 1 saturated heterocycles. The van der Waals surface area contributed by atoms with E-state index in [-0.39, 0.29) is 11.1 Å². The third kappa shape index (κ3) is 3.90. The van der Waals surface area contributed by atoms with Gasteiger partial charge in [0.1, 0.15) is 11.6 Å². The number of nitrogens with zero attached hydrogens (tertiary/aromatic N) is 3. The molecule has 1 aromatic carbocycles. The van der Waals surface area contributed by atoms with Crippen LogP contribution in [0.25, 0.3) is 10.9 Å². The highest BCUT2D eigenvalue weighted by atomic mass is 19.3. The van der Waals surface area contributed by atoms with Gasteiger partial charge in [-0.05, 0) is 32.8 Å². The molecule has 1 aliphatic heterocycles. The number of anilines is 1. The van der Waals surface area contributed by atoms with Crippen LogP contribution in [0.5, 0.6) is 0 Å². The first-order valence-corrected chi connectivity index (χ1v) is 10.0. The number of aromatic nitrogens is 3. The van der Waals surface area contributed by atoms with Gasteiger partial charge in [0.25, 0.3) is 12.0 Å². The average Bonchev–Trinajstić information content (AvgIpc) is 3.14. The molecule has 2 unspecified atom stereocenters. The fourth-order valence-electron chi connectivity index (χ4n) is 4.01. The first-order valence-electron chi connectivity index (χ1n) is 10.0. The molecule has 0 spiro atoms. The predicted octanol–water partition coefficient (Wildman–Crippen LogP) is 3.58. The van der Waals surface area contributed by atoms with Gasteiger partial charge in [-0.2, -0.15) is 0 Å². The highest BCUT2D eigenvalue weighted by molar-refractivity contribution is 5.88. The number of aliphatic hydroxyl groups excluding tert-OH is 1. The number of pyridine rings is 1. The van der Waals surface area contributed by atoms with Gasteiger partial charge in [0.15, 0.2) is 6.23 Å². The van der Waals surface area contributed by atoms with Gasteiger partial charge in [0.05, 0.1) is 23.0 Å². The van der Waals surface area contributed by atoms with Gasteiger partial charge in [-0.3, -0.25) is 4.79 Å². The number of nitrogens with one attached hydrogen (secondary N) is 1. The number of aliphatic hydroxyl groups is 1. The van der Waals surface area contributed by atoms with Crippen LogP contribution in [0.4, 0.5) is 14.6 Å². The SMILES string of the molecule is Cc1nc(NC(O)c2cccc(C(F)F)c2C)c2cn(C3(C)CCOC3)c(=O)cc2n1. The van der Waals surface area contributed by atoms with Gasteiger partial charge in [-0.1, -0.05) is 18.2 Å². The summed E-state index contributed by atoms with van der Waals surface area (Å²) in [5.41, 5.74) is 0.236. The van der Waals surface area contributed by atoms with E-state index in [2.05, 4.69) is 15.3 Å². The molecule has 4 rings (SSSR count). The van der Waals surface area contributed by atoms with E-state index in [9.17, 15) is 18.7 Å². The van der Waals surface area contributed by atoms with Crippen LogP contribution in [-0.4, -0.2) is 32.9 Å². The molecule has 164 valence electrons. The Hall–Kier alpha value is -2.91. The van der Waals surface area contributed by atoms with Gasteiger partial charge in [-0.25, -0.2) is 18.7 Å². The molecule has 1 aliphatic rings. The lowest BCUT2D eigenvalue weighted by Crippen LogP contribution is -2.38. The smallest absolute Gasteiger partial charge is 0.264 e. The Morgan fingerprint density at radius 1 is 1.26 bits per heavy atom.